The number of carbonyl (C=O) groups excluding carboxylic acids is 1. The van der Waals surface area contributed by atoms with E-state index in [1.165, 1.54) is 0 Å². The van der Waals surface area contributed by atoms with Crippen molar-refractivity contribution in [3.8, 4) is 0 Å². The molecule has 0 aromatic heterocycles. The van der Waals surface area contributed by atoms with Crippen LogP contribution in [0.5, 0.6) is 0 Å². The lowest BCUT2D eigenvalue weighted by molar-refractivity contribution is -0.131. The molecular weight excluding hydrogens is 479 g/mol. The topological polar surface area (TPSA) is 57.2 Å². The number of benzene rings is 1. The summed E-state index contributed by atoms with van der Waals surface area (Å²) in [6.07, 6.45) is 2.92. The fourth-order valence-electron chi connectivity index (χ4n) is 3.44. The minimum absolute atomic E-state index is 0. The zero-order valence-corrected chi connectivity index (χ0v) is 18.8. The second-order valence-electron chi connectivity index (χ2n) is 6.74. The monoisotopic (exact) mass is 506 g/mol. The first kappa shape index (κ1) is 22.2. The van der Waals surface area contributed by atoms with Crippen LogP contribution < -0.4 is 5.32 Å². The molecular formula is C19H28ClIN4O2. The molecule has 8 heteroatoms. The number of hydrogen-bond acceptors (Lipinski definition) is 3. The SMILES string of the molecule is CN=C(NCC1CCCO1)N1CCN(C(=O)Cc2cccc(Cl)c2)CC1.I. The number of rotatable bonds is 4. The summed E-state index contributed by atoms with van der Waals surface area (Å²) in [5.74, 6) is 1.04. The second kappa shape index (κ2) is 11.1. The molecule has 2 heterocycles. The Kier molecular flexibility index (Phi) is 9.11. The summed E-state index contributed by atoms with van der Waals surface area (Å²) in [5, 5.41) is 4.07. The van der Waals surface area contributed by atoms with Gasteiger partial charge in [0.2, 0.25) is 5.91 Å². The Morgan fingerprint density at radius 1 is 1.30 bits per heavy atom. The Bertz CT molecular complexity index is 644. The molecule has 0 spiro atoms. The molecule has 1 N–H and O–H groups in total. The molecule has 0 bridgehead atoms. The number of nitrogens with one attached hydrogen (secondary N) is 1. The summed E-state index contributed by atoms with van der Waals surface area (Å²) in [7, 11) is 1.80. The van der Waals surface area contributed by atoms with Crippen LogP contribution in [0.1, 0.15) is 18.4 Å². The average Bonchev–Trinajstić information content (AvgIpc) is 3.16. The zero-order chi connectivity index (χ0) is 18.4. The summed E-state index contributed by atoms with van der Waals surface area (Å²) >= 11 is 6.00. The number of amides is 1. The fourth-order valence-corrected chi connectivity index (χ4v) is 3.66. The van der Waals surface area contributed by atoms with Gasteiger partial charge in [-0.25, -0.2) is 0 Å². The van der Waals surface area contributed by atoms with Gasteiger partial charge in [0.15, 0.2) is 5.96 Å². The van der Waals surface area contributed by atoms with Crippen LogP contribution in [-0.2, 0) is 16.0 Å². The quantitative estimate of drug-likeness (QED) is 0.387. The van der Waals surface area contributed by atoms with E-state index >= 15 is 0 Å². The van der Waals surface area contributed by atoms with Crippen molar-refractivity contribution in [2.24, 2.45) is 4.99 Å². The Labute approximate surface area is 183 Å². The van der Waals surface area contributed by atoms with Crippen LogP contribution in [0, 0.1) is 0 Å². The van der Waals surface area contributed by atoms with E-state index in [9.17, 15) is 4.79 Å². The van der Waals surface area contributed by atoms with Crippen molar-refractivity contribution in [3.63, 3.8) is 0 Å². The molecule has 150 valence electrons. The number of hydrogen-bond donors (Lipinski definition) is 1. The molecule has 2 aliphatic rings. The van der Waals surface area contributed by atoms with Crippen molar-refractivity contribution in [1.82, 2.24) is 15.1 Å². The van der Waals surface area contributed by atoms with E-state index in [-0.39, 0.29) is 36.0 Å². The molecule has 0 saturated carbocycles. The minimum atomic E-state index is 0. The maximum Gasteiger partial charge on any atom is 0.227 e. The van der Waals surface area contributed by atoms with Crippen LogP contribution in [-0.4, -0.2) is 74.1 Å². The van der Waals surface area contributed by atoms with E-state index in [0.717, 1.165) is 50.6 Å². The third kappa shape index (κ3) is 6.50. The van der Waals surface area contributed by atoms with Crippen molar-refractivity contribution >= 4 is 47.4 Å². The molecule has 1 unspecified atom stereocenters. The highest BCUT2D eigenvalue weighted by atomic mass is 127. The number of ether oxygens (including phenoxy) is 1. The Morgan fingerprint density at radius 3 is 2.67 bits per heavy atom. The minimum Gasteiger partial charge on any atom is -0.376 e. The van der Waals surface area contributed by atoms with Gasteiger partial charge in [0.25, 0.3) is 0 Å². The standard InChI is InChI=1S/C19H27ClN4O2.HI/c1-21-19(22-14-17-6-3-11-26-17)24-9-7-23(8-10-24)18(25)13-15-4-2-5-16(20)12-15;/h2,4-5,12,17H,3,6-11,13-14H2,1H3,(H,21,22);1H. The molecule has 0 radical (unpaired) electrons. The molecule has 27 heavy (non-hydrogen) atoms. The smallest absolute Gasteiger partial charge is 0.227 e. The van der Waals surface area contributed by atoms with Crippen LogP contribution in [0.4, 0.5) is 0 Å². The predicted molar refractivity (Wildman–Crippen MR) is 119 cm³/mol. The fraction of sp³-hybridized carbons (Fsp3) is 0.579. The first-order chi connectivity index (χ1) is 12.7. The van der Waals surface area contributed by atoms with Gasteiger partial charge in [-0.3, -0.25) is 9.79 Å². The molecule has 1 amide bonds. The van der Waals surface area contributed by atoms with Crippen molar-refractivity contribution in [2.45, 2.75) is 25.4 Å². The third-order valence-corrected chi connectivity index (χ3v) is 5.14. The maximum atomic E-state index is 12.5. The van der Waals surface area contributed by atoms with Gasteiger partial charge in [-0.15, -0.1) is 24.0 Å². The predicted octanol–water partition coefficient (Wildman–Crippen LogP) is 2.40. The molecule has 2 saturated heterocycles. The molecule has 1 aromatic carbocycles. The van der Waals surface area contributed by atoms with Crippen molar-refractivity contribution < 1.29 is 9.53 Å². The highest BCUT2D eigenvalue weighted by Gasteiger charge is 2.24. The van der Waals surface area contributed by atoms with Crippen molar-refractivity contribution in [2.75, 3.05) is 46.4 Å². The molecule has 2 aliphatic heterocycles. The average molecular weight is 507 g/mol. The Morgan fingerprint density at radius 2 is 2.04 bits per heavy atom. The van der Waals surface area contributed by atoms with Crippen molar-refractivity contribution in [1.29, 1.82) is 0 Å². The molecule has 2 fully saturated rings. The molecule has 0 aliphatic carbocycles. The lowest BCUT2D eigenvalue weighted by Crippen LogP contribution is -2.54. The van der Waals surface area contributed by atoms with E-state index in [1.807, 2.05) is 29.2 Å². The van der Waals surface area contributed by atoms with E-state index in [0.29, 0.717) is 24.5 Å². The van der Waals surface area contributed by atoms with Gasteiger partial charge in [-0.05, 0) is 30.5 Å². The first-order valence-corrected chi connectivity index (χ1v) is 9.63. The summed E-state index contributed by atoms with van der Waals surface area (Å²) in [4.78, 5) is 21.0. The van der Waals surface area contributed by atoms with Gasteiger partial charge in [-0.1, -0.05) is 23.7 Å². The van der Waals surface area contributed by atoms with E-state index < -0.39 is 0 Å². The first-order valence-electron chi connectivity index (χ1n) is 9.25. The number of nitrogens with zero attached hydrogens (tertiary/aromatic N) is 3. The highest BCUT2D eigenvalue weighted by molar-refractivity contribution is 14.0. The largest absolute Gasteiger partial charge is 0.376 e. The molecule has 1 atom stereocenters. The van der Waals surface area contributed by atoms with Gasteiger partial charge in [0, 0.05) is 51.4 Å². The second-order valence-corrected chi connectivity index (χ2v) is 7.17. The van der Waals surface area contributed by atoms with Gasteiger partial charge in [0.1, 0.15) is 0 Å². The number of halogens is 2. The van der Waals surface area contributed by atoms with Crippen LogP contribution in [0.15, 0.2) is 29.3 Å². The lowest BCUT2D eigenvalue weighted by Gasteiger charge is -2.36. The lowest BCUT2D eigenvalue weighted by atomic mass is 10.1. The van der Waals surface area contributed by atoms with Gasteiger partial charge in [0.05, 0.1) is 12.5 Å². The highest BCUT2D eigenvalue weighted by Crippen LogP contribution is 2.13. The summed E-state index contributed by atoms with van der Waals surface area (Å²) in [6, 6.07) is 7.50. The molecule has 1 aromatic rings. The number of piperazine rings is 1. The van der Waals surface area contributed by atoms with Crippen LogP contribution in [0.25, 0.3) is 0 Å². The number of carbonyl (C=O) groups is 1. The molecule has 6 nitrogen and oxygen atoms in total. The summed E-state index contributed by atoms with van der Waals surface area (Å²) in [6.45, 7) is 4.64. The van der Waals surface area contributed by atoms with E-state index in [1.54, 1.807) is 7.05 Å². The van der Waals surface area contributed by atoms with E-state index in [2.05, 4.69) is 15.2 Å². The third-order valence-electron chi connectivity index (χ3n) is 4.90. The Hall–Kier alpha value is -1.06. The van der Waals surface area contributed by atoms with Crippen LogP contribution in [0.3, 0.4) is 0 Å². The number of guanidine groups is 1. The number of aliphatic imine (C=N–C) groups is 1. The van der Waals surface area contributed by atoms with E-state index in [4.69, 9.17) is 16.3 Å². The Balaban J connectivity index is 0.00000261. The van der Waals surface area contributed by atoms with Gasteiger partial charge >= 0.3 is 0 Å². The zero-order valence-electron chi connectivity index (χ0n) is 15.7. The summed E-state index contributed by atoms with van der Waals surface area (Å²) in [5.41, 5.74) is 0.957. The molecule has 3 rings (SSSR count). The van der Waals surface area contributed by atoms with Crippen LogP contribution >= 0.6 is 35.6 Å². The normalized spacial score (nSPS) is 20.4. The van der Waals surface area contributed by atoms with Gasteiger partial charge in [-0.2, -0.15) is 0 Å². The summed E-state index contributed by atoms with van der Waals surface area (Å²) < 4.78 is 5.65. The van der Waals surface area contributed by atoms with Crippen molar-refractivity contribution in [3.05, 3.63) is 34.9 Å². The van der Waals surface area contributed by atoms with Crippen LogP contribution in [0.2, 0.25) is 5.02 Å². The van der Waals surface area contributed by atoms with Gasteiger partial charge < -0.3 is 19.9 Å². The maximum absolute atomic E-state index is 12.5.